The summed E-state index contributed by atoms with van der Waals surface area (Å²) >= 11 is 0. The Hall–Kier alpha value is -2.37. The number of hydrogen-bond acceptors (Lipinski definition) is 4. The molecule has 6 heteroatoms. The zero-order chi connectivity index (χ0) is 20.9. The number of amides is 1. The number of benzene rings is 1. The first-order valence-corrected chi connectivity index (χ1v) is 11.3. The topological polar surface area (TPSA) is 55.6 Å². The SMILES string of the molecule is Cc1onc(C(=O)N(C2CCCCC2)C2CCCCC2)c1COc1ccc(F)cc1. The maximum atomic E-state index is 13.7. The van der Waals surface area contributed by atoms with E-state index in [0.717, 1.165) is 25.7 Å². The second kappa shape index (κ2) is 9.63. The van der Waals surface area contributed by atoms with E-state index in [0.29, 0.717) is 22.8 Å². The molecule has 2 aliphatic rings. The third-order valence-electron chi connectivity index (χ3n) is 6.55. The fraction of sp³-hybridized carbons (Fsp3) is 0.583. The molecule has 1 heterocycles. The van der Waals surface area contributed by atoms with Gasteiger partial charge in [-0.05, 0) is 56.9 Å². The van der Waals surface area contributed by atoms with Crippen molar-refractivity contribution in [3.63, 3.8) is 0 Å². The standard InChI is InChI=1S/C24H31FN2O3/c1-17-22(16-29-21-14-12-18(25)13-15-21)23(26-30-17)24(28)27(19-8-4-2-5-9-19)20-10-6-3-7-11-20/h12-15,19-20H,2-11,16H2,1H3. The van der Waals surface area contributed by atoms with Gasteiger partial charge in [0, 0.05) is 12.1 Å². The molecule has 2 fully saturated rings. The van der Waals surface area contributed by atoms with Crippen LogP contribution in [0.25, 0.3) is 0 Å². The molecule has 0 saturated heterocycles. The van der Waals surface area contributed by atoms with Gasteiger partial charge in [-0.1, -0.05) is 43.7 Å². The normalized spacial score (nSPS) is 18.3. The molecular weight excluding hydrogens is 383 g/mol. The van der Waals surface area contributed by atoms with Crippen molar-refractivity contribution in [1.29, 1.82) is 0 Å². The molecule has 4 rings (SSSR count). The molecule has 2 saturated carbocycles. The number of nitrogens with zero attached hydrogens (tertiary/aromatic N) is 2. The van der Waals surface area contributed by atoms with E-state index >= 15 is 0 Å². The van der Waals surface area contributed by atoms with Gasteiger partial charge in [-0.2, -0.15) is 0 Å². The van der Waals surface area contributed by atoms with Crippen molar-refractivity contribution in [1.82, 2.24) is 10.1 Å². The summed E-state index contributed by atoms with van der Waals surface area (Å²) in [6.45, 7) is 1.98. The van der Waals surface area contributed by atoms with Crippen molar-refractivity contribution in [3.05, 3.63) is 47.1 Å². The molecule has 2 aromatic rings. The van der Waals surface area contributed by atoms with E-state index in [4.69, 9.17) is 9.26 Å². The van der Waals surface area contributed by atoms with Crippen LogP contribution in [0.2, 0.25) is 0 Å². The molecule has 0 spiro atoms. The van der Waals surface area contributed by atoms with Gasteiger partial charge in [0.15, 0.2) is 5.69 Å². The molecular formula is C24H31FN2O3. The van der Waals surface area contributed by atoms with Crippen LogP contribution in [-0.4, -0.2) is 28.0 Å². The Morgan fingerprint density at radius 1 is 1.03 bits per heavy atom. The van der Waals surface area contributed by atoms with Crippen LogP contribution < -0.4 is 4.74 Å². The van der Waals surface area contributed by atoms with Crippen LogP contribution in [0.1, 0.15) is 86.0 Å². The first-order chi connectivity index (χ1) is 14.6. The molecule has 162 valence electrons. The Bertz CT molecular complexity index is 819. The van der Waals surface area contributed by atoms with Gasteiger partial charge in [0.2, 0.25) is 0 Å². The van der Waals surface area contributed by atoms with E-state index in [-0.39, 0.29) is 30.4 Å². The van der Waals surface area contributed by atoms with Gasteiger partial charge in [0.1, 0.15) is 23.9 Å². The Morgan fingerprint density at radius 3 is 2.17 bits per heavy atom. The highest BCUT2D eigenvalue weighted by atomic mass is 19.1. The smallest absolute Gasteiger partial charge is 0.276 e. The van der Waals surface area contributed by atoms with E-state index in [9.17, 15) is 9.18 Å². The third-order valence-corrected chi connectivity index (χ3v) is 6.55. The average Bonchev–Trinajstić information content (AvgIpc) is 3.15. The fourth-order valence-electron chi connectivity index (χ4n) is 4.89. The summed E-state index contributed by atoms with van der Waals surface area (Å²) in [4.78, 5) is 15.9. The summed E-state index contributed by atoms with van der Waals surface area (Å²) < 4.78 is 24.4. The second-order valence-corrected chi connectivity index (χ2v) is 8.60. The van der Waals surface area contributed by atoms with E-state index in [2.05, 4.69) is 10.1 Å². The molecule has 0 unspecified atom stereocenters. The van der Waals surface area contributed by atoms with E-state index in [1.54, 1.807) is 19.1 Å². The third kappa shape index (κ3) is 4.68. The van der Waals surface area contributed by atoms with Crippen LogP contribution in [0, 0.1) is 12.7 Å². The molecule has 0 atom stereocenters. The number of rotatable bonds is 6. The number of hydrogen-bond donors (Lipinski definition) is 0. The Balaban J connectivity index is 1.55. The van der Waals surface area contributed by atoms with Gasteiger partial charge in [0.25, 0.3) is 5.91 Å². The van der Waals surface area contributed by atoms with Crippen molar-refractivity contribution in [2.45, 2.75) is 89.8 Å². The minimum Gasteiger partial charge on any atom is -0.489 e. The summed E-state index contributed by atoms with van der Waals surface area (Å²) in [7, 11) is 0. The quantitative estimate of drug-likeness (QED) is 0.599. The summed E-state index contributed by atoms with van der Waals surface area (Å²) in [5.74, 6) is 0.804. The lowest BCUT2D eigenvalue weighted by molar-refractivity contribution is 0.0436. The fourth-order valence-corrected chi connectivity index (χ4v) is 4.89. The zero-order valence-corrected chi connectivity index (χ0v) is 17.7. The first-order valence-electron chi connectivity index (χ1n) is 11.3. The number of aryl methyl sites for hydroxylation is 1. The summed E-state index contributed by atoms with van der Waals surface area (Å²) in [6, 6.07) is 6.45. The van der Waals surface area contributed by atoms with Crippen LogP contribution >= 0.6 is 0 Å². The lowest BCUT2D eigenvalue weighted by atomic mass is 9.88. The summed E-state index contributed by atoms with van der Waals surface area (Å²) in [5.41, 5.74) is 1.05. The van der Waals surface area contributed by atoms with Crippen molar-refractivity contribution in [3.8, 4) is 5.75 Å². The predicted octanol–water partition coefficient (Wildman–Crippen LogP) is 5.81. The minimum atomic E-state index is -0.310. The van der Waals surface area contributed by atoms with Gasteiger partial charge in [0.05, 0.1) is 5.56 Å². The van der Waals surface area contributed by atoms with E-state index in [1.165, 1.54) is 50.7 Å². The van der Waals surface area contributed by atoms with Gasteiger partial charge < -0.3 is 14.2 Å². The number of halogens is 1. The van der Waals surface area contributed by atoms with Gasteiger partial charge in [-0.25, -0.2) is 4.39 Å². The molecule has 0 radical (unpaired) electrons. The molecule has 0 aliphatic heterocycles. The average molecular weight is 415 g/mol. The molecule has 0 N–H and O–H groups in total. The van der Waals surface area contributed by atoms with Crippen LogP contribution in [0.5, 0.6) is 5.75 Å². The highest BCUT2D eigenvalue weighted by Crippen LogP contribution is 2.32. The summed E-state index contributed by atoms with van der Waals surface area (Å²) in [5, 5.41) is 4.15. The highest BCUT2D eigenvalue weighted by molar-refractivity contribution is 5.94. The van der Waals surface area contributed by atoms with Gasteiger partial charge in [-0.3, -0.25) is 4.79 Å². The number of carbonyl (C=O) groups is 1. The van der Waals surface area contributed by atoms with E-state index < -0.39 is 0 Å². The van der Waals surface area contributed by atoms with E-state index in [1.807, 2.05) is 0 Å². The maximum Gasteiger partial charge on any atom is 0.276 e. The minimum absolute atomic E-state index is 0.0247. The Kier molecular flexibility index (Phi) is 6.70. The first kappa shape index (κ1) is 20.9. The lowest BCUT2D eigenvalue weighted by Crippen LogP contribution is -2.49. The van der Waals surface area contributed by atoms with Crippen LogP contribution in [0.4, 0.5) is 4.39 Å². The largest absolute Gasteiger partial charge is 0.489 e. The molecule has 2 aliphatic carbocycles. The van der Waals surface area contributed by atoms with Crippen LogP contribution in [0.15, 0.2) is 28.8 Å². The monoisotopic (exact) mass is 414 g/mol. The number of aromatic nitrogens is 1. The van der Waals surface area contributed by atoms with Gasteiger partial charge >= 0.3 is 0 Å². The zero-order valence-electron chi connectivity index (χ0n) is 17.7. The number of carbonyl (C=O) groups excluding carboxylic acids is 1. The Labute approximate surface area is 177 Å². The van der Waals surface area contributed by atoms with Crippen molar-refractivity contribution in [2.24, 2.45) is 0 Å². The van der Waals surface area contributed by atoms with Crippen LogP contribution in [0.3, 0.4) is 0 Å². The van der Waals surface area contributed by atoms with Crippen molar-refractivity contribution < 1.29 is 18.4 Å². The lowest BCUT2D eigenvalue weighted by Gasteiger charge is -2.41. The highest BCUT2D eigenvalue weighted by Gasteiger charge is 2.35. The molecule has 0 bridgehead atoms. The predicted molar refractivity (Wildman–Crippen MR) is 112 cm³/mol. The molecule has 1 amide bonds. The maximum absolute atomic E-state index is 13.7. The second-order valence-electron chi connectivity index (χ2n) is 8.60. The number of ether oxygens (including phenoxy) is 1. The molecule has 1 aromatic carbocycles. The van der Waals surface area contributed by atoms with Gasteiger partial charge in [-0.15, -0.1) is 0 Å². The molecule has 1 aromatic heterocycles. The molecule has 5 nitrogen and oxygen atoms in total. The van der Waals surface area contributed by atoms with Crippen molar-refractivity contribution >= 4 is 5.91 Å². The summed E-state index contributed by atoms with van der Waals surface area (Å²) in [6.07, 6.45) is 11.5. The van der Waals surface area contributed by atoms with Crippen LogP contribution in [-0.2, 0) is 6.61 Å². The Morgan fingerprint density at radius 2 is 1.60 bits per heavy atom. The van der Waals surface area contributed by atoms with Crippen molar-refractivity contribution in [2.75, 3.05) is 0 Å². The molecule has 30 heavy (non-hydrogen) atoms.